The minimum atomic E-state index is -0.892. The predicted octanol–water partition coefficient (Wildman–Crippen LogP) is 1.65. The Bertz CT molecular complexity index is 1270. The van der Waals surface area contributed by atoms with Crippen molar-refractivity contribution in [3.05, 3.63) is 64.0 Å². The van der Waals surface area contributed by atoms with Crippen molar-refractivity contribution in [2.45, 2.75) is 25.4 Å². The first-order valence-electron chi connectivity index (χ1n) is 10.3. The third kappa shape index (κ3) is 3.84. The van der Waals surface area contributed by atoms with Gasteiger partial charge in [-0.3, -0.25) is 20.4 Å². The molecule has 0 bridgehead atoms. The lowest BCUT2D eigenvalue weighted by Gasteiger charge is -2.25. The van der Waals surface area contributed by atoms with Crippen LogP contribution >= 0.6 is 0 Å². The number of para-hydroxylation sites is 2. The van der Waals surface area contributed by atoms with Gasteiger partial charge in [-0.05, 0) is 49.1 Å². The second-order valence-corrected chi connectivity index (χ2v) is 7.55. The van der Waals surface area contributed by atoms with Gasteiger partial charge in [0.15, 0.2) is 18.1 Å². The number of carbonyl (C=O) groups excluding carboxylic acids is 2. The van der Waals surface area contributed by atoms with Gasteiger partial charge in [-0.1, -0.05) is 12.1 Å². The molecule has 1 aliphatic heterocycles. The summed E-state index contributed by atoms with van der Waals surface area (Å²) in [6.07, 6.45) is 1.63. The third-order valence-electron chi connectivity index (χ3n) is 5.44. The summed E-state index contributed by atoms with van der Waals surface area (Å²) < 4.78 is 22.0. The third-order valence-corrected chi connectivity index (χ3v) is 5.44. The zero-order valence-corrected chi connectivity index (χ0v) is 17.0. The van der Waals surface area contributed by atoms with Crippen molar-refractivity contribution in [1.29, 1.82) is 0 Å². The van der Waals surface area contributed by atoms with Gasteiger partial charge >= 0.3 is 5.63 Å². The van der Waals surface area contributed by atoms with Crippen LogP contribution in [0, 0.1) is 0 Å². The molecule has 9 nitrogen and oxygen atoms in total. The summed E-state index contributed by atoms with van der Waals surface area (Å²) >= 11 is 0. The maximum absolute atomic E-state index is 12.2. The first-order chi connectivity index (χ1) is 15.6. The fourth-order valence-electron chi connectivity index (χ4n) is 3.90. The van der Waals surface area contributed by atoms with Gasteiger partial charge in [0.25, 0.3) is 11.8 Å². The van der Waals surface area contributed by atoms with E-state index >= 15 is 0 Å². The average Bonchev–Trinajstić information content (AvgIpc) is 3.32. The van der Waals surface area contributed by atoms with E-state index in [1.165, 1.54) is 0 Å². The Balaban J connectivity index is 1.15. The molecule has 0 spiro atoms. The lowest BCUT2D eigenvalue weighted by Crippen LogP contribution is -2.51. The maximum atomic E-state index is 12.2. The van der Waals surface area contributed by atoms with Crippen LogP contribution in [0.4, 0.5) is 0 Å². The molecule has 2 heterocycles. The Kier molecular flexibility index (Phi) is 5.14. The van der Waals surface area contributed by atoms with Gasteiger partial charge < -0.3 is 18.6 Å². The maximum Gasteiger partial charge on any atom is 0.339 e. The van der Waals surface area contributed by atoms with E-state index in [1.807, 2.05) is 6.07 Å². The van der Waals surface area contributed by atoms with E-state index in [9.17, 15) is 14.4 Å². The molecule has 2 N–H and O–H groups in total. The van der Waals surface area contributed by atoms with Crippen LogP contribution in [0.15, 0.2) is 51.7 Å². The largest absolute Gasteiger partial charge is 0.485 e. The SMILES string of the molecule is O=C(COc1ccc2c3c(c(=O)oc2c1)CCC3)NNC(=O)[C@@H]1COc2ccccc2O1. The fraction of sp³-hybridized carbons (Fsp3) is 0.261. The summed E-state index contributed by atoms with van der Waals surface area (Å²) in [6, 6.07) is 12.2. The number of hydrogen-bond donors (Lipinski definition) is 2. The van der Waals surface area contributed by atoms with Crippen molar-refractivity contribution in [2.24, 2.45) is 0 Å². The molecule has 3 aromatic rings. The number of nitrogens with one attached hydrogen (secondary N) is 2. The smallest absolute Gasteiger partial charge is 0.339 e. The van der Waals surface area contributed by atoms with Crippen LogP contribution in [0.5, 0.6) is 17.2 Å². The zero-order chi connectivity index (χ0) is 22.1. The molecule has 0 fully saturated rings. The number of amides is 2. The van der Waals surface area contributed by atoms with Crippen LogP contribution in [0.1, 0.15) is 17.5 Å². The van der Waals surface area contributed by atoms with E-state index < -0.39 is 17.9 Å². The number of fused-ring (bicyclic) bond motifs is 4. The molecule has 1 aliphatic carbocycles. The normalized spacial score (nSPS) is 16.3. The molecule has 0 saturated heterocycles. The summed E-state index contributed by atoms with van der Waals surface area (Å²) in [6.45, 7) is -0.312. The lowest BCUT2D eigenvalue weighted by molar-refractivity contribution is -0.135. The van der Waals surface area contributed by atoms with Crippen LogP contribution in [-0.2, 0) is 22.4 Å². The van der Waals surface area contributed by atoms with Crippen LogP contribution < -0.4 is 30.7 Å². The average molecular weight is 436 g/mol. The van der Waals surface area contributed by atoms with Gasteiger partial charge in [0.1, 0.15) is 17.9 Å². The molecule has 1 atom stereocenters. The molecular formula is C23H20N2O7. The molecule has 32 heavy (non-hydrogen) atoms. The van der Waals surface area contributed by atoms with Crippen molar-refractivity contribution in [3.63, 3.8) is 0 Å². The topological polar surface area (TPSA) is 116 Å². The molecule has 9 heteroatoms. The first-order valence-corrected chi connectivity index (χ1v) is 10.3. The molecule has 0 saturated carbocycles. The molecule has 5 rings (SSSR count). The Morgan fingerprint density at radius 1 is 1.03 bits per heavy atom. The van der Waals surface area contributed by atoms with Gasteiger partial charge in [-0.2, -0.15) is 0 Å². The van der Waals surface area contributed by atoms with Crippen LogP contribution in [0.2, 0.25) is 0 Å². The summed E-state index contributed by atoms with van der Waals surface area (Å²) in [4.78, 5) is 36.4. The minimum Gasteiger partial charge on any atom is -0.485 e. The van der Waals surface area contributed by atoms with Crippen molar-refractivity contribution >= 4 is 22.8 Å². The number of benzene rings is 2. The summed E-state index contributed by atoms with van der Waals surface area (Å²) in [7, 11) is 0. The highest BCUT2D eigenvalue weighted by molar-refractivity contribution is 5.86. The highest BCUT2D eigenvalue weighted by Crippen LogP contribution is 2.31. The fourth-order valence-corrected chi connectivity index (χ4v) is 3.90. The Morgan fingerprint density at radius 2 is 1.84 bits per heavy atom. The number of hydrogen-bond acceptors (Lipinski definition) is 7. The molecule has 0 radical (unpaired) electrons. The monoisotopic (exact) mass is 436 g/mol. The van der Waals surface area contributed by atoms with E-state index in [2.05, 4.69) is 10.9 Å². The second-order valence-electron chi connectivity index (χ2n) is 7.55. The molecule has 2 aromatic carbocycles. The van der Waals surface area contributed by atoms with Gasteiger partial charge in [0.05, 0.1) is 0 Å². The lowest BCUT2D eigenvalue weighted by atomic mass is 10.1. The van der Waals surface area contributed by atoms with Crippen molar-refractivity contribution in [3.8, 4) is 17.2 Å². The molecule has 0 unspecified atom stereocenters. The van der Waals surface area contributed by atoms with Gasteiger partial charge in [-0.15, -0.1) is 0 Å². The molecule has 1 aromatic heterocycles. The number of carbonyl (C=O) groups is 2. The molecule has 2 aliphatic rings. The zero-order valence-electron chi connectivity index (χ0n) is 17.0. The van der Waals surface area contributed by atoms with E-state index in [0.29, 0.717) is 22.8 Å². The predicted molar refractivity (Wildman–Crippen MR) is 113 cm³/mol. The standard InChI is InChI=1S/C23H20N2O7/c26-21(24-25-22(27)20-11-30-17-6-1-2-7-18(17)31-20)12-29-13-8-9-15-14-4-3-5-16(14)23(28)32-19(15)10-13/h1-2,6-10,20H,3-5,11-12H2,(H,24,26)(H,25,27)/t20-/m0/s1. The minimum absolute atomic E-state index is 0.0290. The highest BCUT2D eigenvalue weighted by Gasteiger charge is 2.27. The van der Waals surface area contributed by atoms with Gasteiger partial charge in [0, 0.05) is 17.0 Å². The molecule has 164 valence electrons. The Hall–Kier alpha value is -4.01. The summed E-state index contributed by atoms with van der Waals surface area (Å²) in [5, 5.41) is 0.887. The Labute approximate surface area is 182 Å². The van der Waals surface area contributed by atoms with Gasteiger partial charge in [-0.25, -0.2) is 4.79 Å². The summed E-state index contributed by atoms with van der Waals surface area (Å²) in [5.41, 5.74) is 6.47. The van der Waals surface area contributed by atoms with Crippen LogP contribution in [0.3, 0.4) is 0 Å². The van der Waals surface area contributed by atoms with E-state index in [4.69, 9.17) is 18.6 Å². The number of rotatable bonds is 4. The summed E-state index contributed by atoms with van der Waals surface area (Å²) in [5.74, 6) is 0.285. The van der Waals surface area contributed by atoms with Crippen LogP contribution in [-0.4, -0.2) is 31.1 Å². The van der Waals surface area contributed by atoms with E-state index in [0.717, 1.165) is 35.8 Å². The van der Waals surface area contributed by atoms with E-state index in [-0.39, 0.29) is 18.8 Å². The molecular weight excluding hydrogens is 416 g/mol. The van der Waals surface area contributed by atoms with E-state index in [1.54, 1.807) is 36.4 Å². The first kappa shape index (κ1) is 19.9. The Morgan fingerprint density at radius 3 is 2.72 bits per heavy atom. The quantitative estimate of drug-likeness (QED) is 0.472. The van der Waals surface area contributed by atoms with Gasteiger partial charge in [0.2, 0.25) is 6.10 Å². The second kappa shape index (κ2) is 8.26. The van der Waals surface area contributed by atoms with Crippen LogP contribution in [0.25, 0.3) is 11.0 Å². The van der Waals surface area contributed by atoms with Crippen molar-refractivity contribution in [1.82, 2.24) is 10.9 Å². The van der Waals surface area contributed by atoms with Crippen molar-refractivity contribution < 1.29 is 28.2 Å². The number of hydrazine groups is 1. The highest BCUT2D eigenvalue weighted by atomic mass is 16.6. The molecule has 2 amide bonds. The number of ether oxygens (including phenoxy) is 3. The number of aryl methyl sites for hydroxylation is 1. The van der Waals surface area contributed by atoms with Crippen molar-refractivity contribution in [2.75, 3.05) is 13.2 Å².